The Morgan fingerprint density at radius 2 is 2.28 bits per heavy atom. The molecule has 0 radical (unpaired) electrons. The Morgan fingerprint density at radius 1 is 1.50 bits per heavy atom. The number of imidazole rings is 1. The van der Waals surface area contributed by atoms with Crippen molar-refractivity contribution < 1.29 is 9.94 Å². The van der Waals surface area contributed by atoms with Crippen molar-refractivity contribution >= 4 is 5.84 Å². The second-order valence-electron chi connectivity index (χ2n) is 3.68. The van der Waals surface area contributed by atoms with E-state index in [9.17, 15) is 0 Å². The Morgan fingerprint density at radius 3 is 3.00 bits per heavy atom. The molecule has 0 bridgehead atoms. The van der Waals surface area contributed by atoms with Gasteiger partial charge in [-0.1, -0.05) is 23.4 Å². The lowest BCUT2D eigenvalue weighted by Crippen LogP contribution is -2.20. The molecule has 0 saturated carbocycles. The highest BCUT2D eigenvalue weighted by Crippen LogP contribution is 2.18. The normalized spacial score (nSPS) is 11.5. The molecule has 0 aliphatic carbocycles. The molecule has 0 saturated heterocycles. The molecule has 0 amide bonds. The third kappa shape index (κ3) is 2.27. The van der Waals surface area contributed by atoms with E-state index in [1.165, 1.54) is 0 Å². The maximum atomic E-state index is 8.68. The summed E-state index contributed by atoms with van der Waals surface area (Å²) in [4.78, 5) is 4.04. The second-order valence-corrected chi connectivity index (χ2v) is 3.68. The third-order valence-corrected chi connectivity index (χ3v) is 2.59. The molecule has 94 valence electrons. The second kappa shape index (κ2) is 5.22. The van der Waals surface area contributed by atoms with E-state index in [1.54, 1.807) is 24.1 Å². The highest BCUT2D eigenvalue weighted by atomic mass is 16.5. The fourth-order valence-electron chi connectivity index (χ4n) is 1.73. The Labute approximate surface area is 104 Å². The number of nitrogens with zero attached hydrogens (tertiary/aromatic N) is 3. The van der Waals surface area contributed by atoms with E-state index in [2.05, 4.69) is 10.1 Å². The number of oxime groups is 1. The highest BCUT2D eigenvalue weighted by molar-refractivity contribution is 5.93. The fraction of sp³-hybridized carbons (Fsp3) is 0.167. The minimum Gasteiger partial charge on any atom is -0.496 e. The summed E-state index contributed by atoms with van der Waals surface area (Å²) < 4.78 is 7.06. The molecule has 6 heteroatoms. The summed E-state index contributed by atoms with van der Waals surface area (Å²) in [5, 5.41) is 11.6. The summed E-state index contributed by atoms with van der Waals surface area (Å²) in [6.45, 7) is 0.537. The van der Waals surface area contributed by atoms with Crippen LogP contribution in [0.4, 0.5) is 0 Å². The van der Waals surface area contributed by atoms with Crippen LogP contribution in [0.5, 0.6) is 5.75 Å². The Bertz CT molecular complexity index is 563. The molecular formula is C12H14N4O2. The number of hydrogen-bond donors (Lipinski definition) is 2. The topological polar surface area (TPSA) is 85.7 Å². The maximum absolute atomic E-state index is 8.68. The molecule has 1 aromatic heterocycles. The van der Waals surface area contributed by atoms with Crippen molar-refractivity contribution in [2.75, 3.05) is 7.11 Å². The standard InChI is InChI=1S/C12H14N4O2/c1-18-10-5-3-2-4-9(10)8-16-7-6-14-12(16)11(13)15-17/h2-7,17H,8H2,1H3,(H2,13,15). The van der Waals surface area contributed by atoms with E-state index in [-0.39, 0.29) is 5.84 Å². The van der Waals surface area contributed by atoms with Crippen molar-refractivity contribution in [2.24, 2.45) is 10.9 Å². The van der Waals surface area contributed by atoms with Gasteiger partial charge in [-0.05, 0) is 6.07 Å². The fourth-order valence-corrected chi connectivity index (χ4v) is 1.73. The molecule has 6 nitrogen and oxygen atoms in total. The van der Waals surface area contributed by atoms with Gasteiger partial charge >= 0.3 is 0 Å². The molecule has 3 N–H and O–H groups in total. The minimum absolute atomic E-state index is 0.0186. The summed E-state index contributed by atoms with van der Waals surface area (Å²) in [5.74, 6) is 1.19. The Hall–Kier alpha value is -2.50. The van der Waals surface area contributed by atoms with Crippen LogP contribution in [-0.4, -0.2) is 27.7 Å². The van der Waals surface area contributed by atoms with Gasteiger partial charge in [0, 0.05) is 18.0 Å². The molecular weight excluding hydrogens is 232 g/mol. The first kappa shape index (κ1) is 12.0. The molecule has 0 aliphatic heterocycles. The lowest BCUT2D eigenvalue weighted by atomic mass is 10.2. The number of methoxy groups -OCH3 is 1. The number of amidine groups is 1. The van der Waals surface area contributed by atoms with Gasteiger partial charge in [0.2, 0.25) is 5.84 Å². The smallest absolute Gasteiger partial charge is 0.206 e. The van der Waals surface area contributed by atoms with Gasteiger partial charge in [0.1, 0.15) is 5.75 Å². The Kier molecular flexibility index (Phi) is 3.47. The number of rotatable bonds is 4. The number of nitrogens with two attached hydrogens (primary N) is 1. The Balaban J connectivity index is 2.32. The lowest BCUT2D eigenvalue weighted by Gasteiger charge is -2.10. The predicted octanol–water partition coefficient (Wildman–Crippen LogP) is 1.03. The molecule has 0 aliphatic rings. The largest absolute Gasteiger partial charge is 0.496 e. The average molecular weight is 246 g/mol. The quantitative estimate of drug-likeness (QED) is 0.365. The third-order valence-electron chi connectivity index (χ3n) is 2.59. The molecule has 0 unspecified atom stereocenters. The van der Waals surface area contributed by atoms with Crippen LogP contribution < -0.4 is 10.5 Å². The van der Waals surface area contributed by atoms with Gasteiger partial charge in [0.25, 0.3) is 0 Å². The lowest BCUT2D eigenvalue weighted by molar-refractivity contribution is 0.318. The summed E-state index contributed by atoms with van der Waals surface area (Å²) in [6, 6.07) is 7.67. The molecule has 0 atom stereocenters. The number of aromatic nitrogens is 2. The zero-order valence-corrected chi connectivity index (χ0v) is 9.95. The monoisotopic (exact) mass is 246 g/mol. The van der Waals surface area contributed by atoms with Crippen molar-refractivity contribution in [2.45, 2.75) is 6.54 Å². The number of hydrogen-bond acceptors (Lipinski definition) is 4. The van der Waals surface area contributed by atoms with Crippen LogP contribution >= 0.6 is 0 Å². The molecule has 1 heterocycles. The maximum Gasteiger partial charge on any atom is 0.206 e. The zero-order valence-electron chi connectivity index (χ0n) is 9.95. The molecule has 1 aromatic carbocycles. The van der Waals surface area contributed by atoms with Gasteiger partial charge in [-0.2, -0.15) is 0 Å². The van der Waals surface area contributed by atoms with Crippen molar-refractivity contribution in [3.63, 3.8) is 0 Å². The van der Waals surface area contributed by atoms with E-state index < -0.39 is 0 Å². The van der Waals surface area contributed by atoms with Gasteiger partial charge in [0.05, 0.1) is 13.7 Å². The van der Waals surface area contributed by atoms with Gasteiger partial charge in [0.15, 0.2) is 5.82 Å². The first-order valence-corrected chi connectivity index (χ1v) is 5.37. The van der Waals surface area contributed by atoms with Crippen LogP contribution in [-0.2, 0) is 6.54 Å². The SMILES string of the molecule is COc1ccccc1Cn1ccnc1C(N)=NO. The molecule has 18 heavy (non-hydrogen) atoms. The minimum atomic E-state index is -0.0186. The first-order valence-electron chi connectivity index (χ1n) is 5.37. The van der Waals surface area contributed by atoms with Crippen LogP contribution in [0.1, 0.15) is 11.4 Å². The number of ether oxygens (including phenoxy) is 1. The van der Waals surface area contributed by atoms with E-state index >= 15 is 0 Å². The van der Waals surface area contributed by atoms with Gasteiger partial charge in [-0.25, -0.2) is 4.98 Å². The molecule has 0 spiro atoms. The van der Waals surface area contributed by atoms with Crippen LogP contribution in [0.25, 0.3) is 0 Å². The van der Waals surface area contributed by atoms with Crippen LogP contribution in [0.3, 0.4) is 0 Å². The van der Waals surface area contributed by atoms with E-state index in [1.807, 2.05) is 24.3 Å². The summed E-state index contributed by atoms with van der Waals surface area (Å²) in [5.41, 5.74) is 6.54. The van der Waals surface area contributed by atoms with Crippen molar-refractivity contribution in [3.8, 4) is 5.75 Å². The predicted molar refractivity (Wildman–Crippen MR) is 66.8 cm³/mol. The van der Waals surface area contributed by atoms with Crippen molar-refractivity contribution in [1.82, 2.24) is 9.55 Å². The van der Waals surface area contributed by atoms with Crippen molar-refractivity contribution in [3.05, 3.63) is 48.0 Å². The summed E-state index contributed by atoms with van der Waals surface area (Å²) in [7, 11) is 1.62. The average Bonchev–Trinajstić information content (AvgIpc) is 2.86. The zero-order chi connectivity index (χ0) is 13.0. The first-order chi connectivity index (χ1) is 8.76. The molecule has 2 aromatic rings. The van der Waals surface area contributed by atoms with Crippen LogP contribution in [0.2, 0.25) is 0 Å². The highest BCUT2D eigenvalue weighted by Gasteiger charge is 2.10. The number of para-hydroxylation sites is 1. The molecule has 0 fully saturated rings. The summed E-state index contributed by atoms with van der Waals surface area (Å²) >= 11 is 0. The van der Waals surface area contributed by atoms with E-state index in [4.69, 9.17) is 15.7 Å². The van der Waals surface area contributed by atoms with Crippen LogP contribution in [0, 0.1) is 0 Å². The number of benzene rings is 1. The van der Waals surface area contributed by atoms with Gasteiger partial charge < -0.3 is 20.2 Å². The summed E-state index contributed by atoms with van der Waals surface area (Å²) in [6.07, 6.45) is 3.36. The van der Waals surface area contributed by atoms with Crippen molar-refractivity contribution in [1.29, 1.82) is 0 Å². The van der Waals surface area contributed by atoms with E-state index in [0.29, 0.717) is 12.4 Å². The van der Waals surface area contributed by atoms with Crippen LogP contribution in [0.15, 0.2) is 41.8 Å². The van der Waals surface area contributed by atoms with Gasteiger partial charge in [-0.3, -0.25) is 0 Å². The molecule has 2 rings (SSSR count). The van der Waals surface area contributed by atoms with E-state index in [0.717, 1.165) is 11.3 Å². The van der Waals surface area contributed by atoms with Gasteiger partial charge in [-0.15, -0.1) is 0 Å².